The van der Waals surface area contributed by atoms with Crippen LogP contribution in [0.3, 0.4) is 0 Å². The smallest absolute Gasteiger partial charge is 0.255 e. The van der Waals surface area contributed by atoms with Crippen molar-refractivity contribution in [3.8, 4) is 0 Å². The van der Waals surface area contributed by atoms with E-state index in [2.05, 4.69) is 21.2 Å². The first kappa shape index (κ1) is 16.0. The molecule has 2 rings (SSSR count). The third-order valence-corrected chi connectivity index (χ3v) is 3.84. The molecule has 0 aliphatic heterocycles. The Kier molecular flexibility index (Phi) is 4.70. The second kappa shape index (κ2) is 6.17. The first-order valence-electron chi connectivity index (χ1n) is 5.50. The van der Waals surface area contributed by atoms with Gasteiger partial charge >= 0.3 is 0 Å². The number of carbonyl (C=O) groups is 1. The molecule has 0 fully saturated rings. The van der Waals surface area contributed by atoms with E-state index in [1.807, 2.05) is 0 Å². The maximum atomic E-state index is 13.7. The van der Waals surface area contributed by atoms with Crippen molar-refractivity contribution < 1.29 is 13.6 Å². The van der Waals surface area contributed by atoms with Gasteiger partial charge in [-0.25, -0.2) is 8.78 Å². The summed E-state index contributed by atoms with van der Waals surface area (Å²) >= 11 is 14.5. The molecule has 2 aromatic carbocycles. The van der Waals surface area contributed by atoms with Gasteiger partial charge in [0.15, 0.2) is 11.6 Å². The van der Waals surface area contributed by atoms with Crippen LogP contribution >= 0.6 is 39.1 Å². The fourth-order valence-corrected chi connectivity index (χ4v) is 2.33. The van der Waals surface area contributed by atoms with Crippen molar-refractivity contribution in [2.24, 2.45) is 0 Å². The van der Waals surface area contributed by atoms with Crippen molar-refractivity contribution >= 4 is 56.4 Å². The number of nitrogens with one attached hydrogen (secondary N) is 1. The van der Waals surface area contributed by atoms with Crippen LogP contribution in [0.5, 0.6) is 0 Å². The summed E-state index contributed by atoms with van der Waals surface area (Å²) < 4.78 is 27.5. The number of nitrogens with two attached hydrogens (primary N) is 1. The summed E-state index contributed by atoms with van der Waals surface area (Å²) in [5, 5.41) is 2.30. The highest BCUT2D eigenvalue weighted by Crippen LogP contribution is 2.30. The number of hydrogen-bond donors (Lipinski definition) is 2. The molecule has 3 N–H and O–H groups in total. The maximum absolute atomic E-state index is 13.7. The molecule has 0 aliphatic carbocycles. The Morgan fingerprint density at radius 3 is 2.24 bits per heavy atom. The Morgan fingerprint density at radius 2 is 1.71 bits per heavy atom. The van der Waals surface area contributed by atoms with Crippen LogP contribution in [0.25, 0.3) is 0 Å². The van der Waals surface area contributed by atoms with Gasteiger partial charge in [-0.1, -0.05) is 39.1 Å². The lowest BCUT2D eigenvalue weighted by Crippen LogP contribution is -2.15. The molecule has 21 heavy (non-hydrogen) atoms. The summed E-state index contributed by atoms with van der Waals surface area (Å²) in [5.74, 6) is -2.59. The van der Waals surface area contributed by atoms with Gasteiger partial charge in [0.2, 0.25) is 0 Å². The quantitative estimate of drug-likeness (QED) is 0.712. The topological polar surface area (TPSA) is 55.1 Å². The highest BCUT2D eigenvalue weighted by Gasteiger charge is 2.16. The van der Waals surface area contributed by atoms with Crippen LogP contribution in [0.2, 0.25) is 10.0 Å². The standard InChI is InChI=1S/C13H7BrCl2F2N2O/c14-6-3-8(17)12(9(18)4-6)20-13(21)5-1-7(15)11(16)10(19)2-5/h1-4H,19H2,(H,20,21). The molecular formula is C13H7BrCl2F2N2O. The summed E-state index contributed by atoms with van der Waals surface area (Å²) in [7, 11) is 0. The minimum absolute atomic E-state index is 0.0311. The summed E-state index contributed by atoms with van der Waals surface area (Å²) in [5.41, 5.74) is 5.14. The van der Waals surface area contributed by atoms with Crippen LogP contribution in [0.15, 0.2) is 28.7 Å². The Hall–Kier alpha value is -1.37. The monoisotopic (exact) mass is 394 g/mol. The SMILES string of the molecule is Nc1cc(C(=O)Nc2c(F)cc(Br)cc2F)cc(Cl)c1Cl. The molecule has 0 radical (unpaired) electrons. The van der Waals surface area contributed by atoms with Gasteiger partial charge in [0, 0.05) is 10.0 Å². The largest absolute Gasteiger partial charge is 0.397 e. The van der Waals surface area contributed by atoms with E-state index in [4.69, 9.17) is 28.9 Å². The maximum Gasteiger partial charge on any atom is 0.255 e. The zero-order valence-corrected chi connectivity index (χ0v) is 13.3. The first-order valence-corrected chi connectivity index (χ1v) is 7.05. The summed E-state index contributed by atoms with van der Waals surface area (Å²) in [6.07, 6.45) is 0. The average Bonchev–Trinajstić information content (AvgIpc) is 2.39. The predicted octanol–water partition coefficient (Wildman–Crippen LogP) is 4.87. The predicted molar refractivity (Wildman–Crippen MR) is 82.9 cm³/mol. The minimum atomic E-state index is -0.914. The van der Waals surface area contributed by atoms with Gasteiger partial charge in [0.1, 0.15) is 5.69 Å². The van der Waals surface area contributed by atoms with Crippen LogP contribution in [0.4, 0.5) is 20.2 Å². The Balaban J connectivity index is 2.35. The molecule has 0 unspecified atom stereocenters. The Labute approximate surface area is 137 Å². The molecule has 0 aromatic heterocycles. The second-order valence-corrected chi connectivity index (χ2v) is 5.76. The number of hydrogen-bond acceptors (Lipinski definition) is 2. The number of anilines is 2. The molecular weight excluding hydrogens is 389 g/mol. The molecule has 0 saturated heterocycles. The van der Waals surface area contributed by atoms with E-state index >= 15 is 0 Å². The second-order valence-electron chi connectivity index (χ2n) is 4.06. The average molecular weight is 396 g/mol. The van der Waals surface area contributed by atoms with Gasteiger partial charge in [0.25, 0.3) is 5.91 Å². The zero-order chi connectivity index (χ0) is 15.7. The summed E-state index contributed by atoms with van der Waals surface area (Å²) in [6.45, 7) is 0. The third-order valence-electron chi connectivity index (χ3n) is 2.56. The number of halogens is 5. The number of carbonyl (C=O) groups excluding carboxylic acids is 1. The third kappa shape index (κ3) is 3.45. The van der Waals surface area contributed by atoms with Crippen LogP contribution in [-0.4, -0.2) is 5.91 Å². The molecule has 2 aromatic rings. The van der Waals surface area contributed by atoms with E-state index in [1.54, 1.807) is 0 Å². The lowest BCUT2D eigenvalue weighted by atomic mass is 10.1. The molecule has 1 amide bonds. The van der Waals surface area contributed by atoms with Gasteiger partial charge in [-0.05, 0) is 24.3 Å². The first-order chi connectivity index (χ1) is 9.79. The van der Waals surface area contributed by atoms with Crippen molar-refractivity contribution in [2.75, 3.05) is 11.1 Å². The van der Waals surface area contributed by atoms with Crippen LogP contribution < -0.4 is 11.1 Å². The molecule has 8 heteroatoms. The van der Waals surface area contributed by atoms with Crippen molar-refractivity contribution in [1.29, 1.82) is 0 Å². The molecule has 0 aliphatic rings. The van der Waals surface area contributed by atoms with Crippen molar-refractivity contribution in [2.45, 2.75) is 0 Å². The molecule has 0 saturated carbocycles. The fourth-order valence-electron chi connectivity index (χ4n) is 1.59. The summed E-state index contributed by atoms with van der Waals surface area (Å²) in [4.78, 5) is 12.0. The molecule has 0 atom stereocenters. The lowest BCUT2D eigenvalue weighted by molar-refractivity contribution is 0.102. The van der Waals surface area contributed by atoms with E-state index < -0.39 is 23.2 Å². The molecule has 0 heterocycles. The van der Waals surface area contributed by atoms with Crippen molar-refractivity contribution in [3.63, 3.8) is 0 Å². The van der Waals surface area contributed by atoms with E-state index in [-0.39, 0.29) is 25.8 Å². The van der Waals surface area contributed by atoms with Gasteiger partial charge in [-0.2, -0.15) is 0 Å². The summed E-state index contributed by atoms with van der Waals surface area (Å²) in [6, 6.07) is 4.58. The fraction of sp³-hybridized carbons (Fsp3) is 0. The Bertz CT molecular complexity index is 694. The Morgan fingerprint density at radius 1 is 1.14 bits per heavy atom. The van der Waals surface area contributed by atoms with Gasteiger partial charge < -0.3 is 11.1 Å². The van der Waals surface area contributed by atoms with Crippen LogP contribution in [-0.2, 0) is 0 Å². The molecule has 0 spiro atoms. The van der Waals surface area contributed by atoms with E-state index in [9.17, 15) is 13.6 Å². The van der Waals surface area contributed by atoms with Crippen LogP contribution in [0.1, 0.15) is 10.4 Å². The van der Waals surface area contributed by atoms with E-state index in [1.165, 1.54) is 12.1 Å². The van der Waals surface area contributed by atoms with Gasteiger partial charge in [-0.15, -0.1) is 0 Å². The van der Waals surface area contributed by atoms with Crippen LogP contribution in [0, 0.1) is 11.6 Å². The van der Waals surface area contributed by atoms with E-state index in [0.29, 0.717) is 0 Å². The molecule has 3 nitrogen and oxygen atoms in total. The molecule has 0 bridgehead atoms. The highest BCUT2D eigenvalue weighted by molar-refractivity contribution is 9.10. The number of nitrogen functional groups attached to an aromatic ring is 1. The van der Waals surface area contributed by atoms with Gasteiger partial charge in [-0.3, -0.25) is 4.79 Å². The van der Waals surface area contributed by atoms with Crippen molar-refractivity contribution in [3.05, 3.63) is 56.0 Å². The van der Waals surface area contributed by atoms with Gasteiger partial charge in [0.05, 0.1) is 15.7 Å². The normalized spacial score (nSPS) is 10.5. The highest BCUT2D eigenvalue weighted by atomic mass is 79.9. The number of amides is 1. The number of rotatable bonds is 2. The lowest BCUT2D eigenvalue weighted by Gasteiger charge is -2.10. The van der Waals surface area contributed by atoms with E-state index in [0.717, 1.165) is 12.1 Å². The molecule has 110 valence electrons. The zero-order valence-electron chi connectivity index (χ0n) is 10.2. The number of benzene rings is 2. The minimum Gasteiger partial charge on any atom is -0.397 e. The van der Waals surface area contributed by atoms with Crippen molar-refractivity contribution in [1.82, 2.24) is 0 Å².